The van der Waals surface area contributed by atoms with Gasteiger partial charge in [0.2, 0.25) is 0 Å². The summed E-state index contributed by atoms with van der Waals surface area (Å²) in [5.74, 6) is -2.37. The molecule has 0 amide bonds. The van der Waals surface area contributed by atoms with Crippen LogP contribution in [0.15, 0.2) is 0 Å². The van der Waals surface area contributed by atoms with Crippen LogP contribution in [0.4, 0.5) is 0 Å². The molecular weight excluding hydrogens is 148 g/mol. The first-order valence-electron chi connectivity index (χ1n) is 3.64. The van der Waals surface area contributed by atoms with Crippen LogP contribution in [0.3, 0.4) is 0 Å². The molecule has 4 nitrogen and oxygen atoms in total. The zero-order valence-electron chi connectivity index (χ0n) is 6.50. The molecule has 1 atom stereocenters. The Labute approximate surface area is 65.1 Å². The Kier molecular flexibility index (Phi) is 2.46. The molecule has 1 fully saturated rings. The lowest BCUT2D eigenvalue weighted by Crippen LogP contribution is -2.44. The summed E-state index contributed by atoms with van der Waals surface area (Å²) in [6.07, 6.45) is 2.02. The highest BCUT2D eigenvalue weighted by Gasteiger charge is 2.39. The first kappa shape index (κ1) is 8.49. The topological polar surface area (TPSA) is 55.8 Å². The standard InChI is InChI=1S/C7H12O4/c1-10-6(8)7(9)4-2-3-5-11-7/h9H,2-5H2,1H3. The van der Waals surface area contributed by atoms with Gasteiger partial charge in [-0.05, 0) is 12.8 Å². The summed E-state index contributed by atoms with van der Waals surface area (Å²) in [7, 11) is 1.23. The summed E-state index contributed by atoms with van der Waals surface area (Å²) in [5, 5.41) is 9.44. The van der Waals surface area contributed by atoms with Crippen molar-refractivity contribution in [3.8, 4) is 0 Å². The van der Waals surface area contributed by atoms with E-state index in [1.54, 1.807) is 0 Å². The predicted octanol–water partition coefficient (Wildman–Crippen LogP) is 0.0485. The number of carbonyl (C=O) groups excluding carboxylic acids is 1. The van der Waals surface area contributed by atoms with Gasteiger partial charge < -0.3 is 14.6 Å². The van der Waals surface area contributed by atoms with Crippen LogP contribution in [0.2, 0.25) is 0 Å². The molecule has 1 aliphatic rings. The van der Waals surface area contributed by atoms with Crippen molar-refractivity contribution in [2.24, 2.45) is 0 Å². The smallest absolute Gasteiger partial charge is 0.366 e. The van der Waals surface area contributed by atoms with Crippen molar-refractivity contribution in [1.29, 1.82) is 0 Å². The molecule has 0 aliphatic carbocycles. The van der Waals surface area contributed by atoms with E-state index in [-0.39, 0.29) is 0 Å². The second-order valence-corrected chi connectivity index (χ2v) is 2.58. The zero-order chi connectivity index (χ0) is 8.32. The molecule has 1 saturated heterocycles. The lowest BCUT2D eigenvalue weighted by atomic mass is 10.1. The molecule has 0 saturated carbocycles. The maximum atomic E-state index is 10.9. The summed E-state index contributed by atoms with van der Waals surface area (Å²) in [6.45, 7) is 0.422. The lowest BCUT2D eigenvalue weighted by molar-refractivity contribution is -0.238. The maximum absolute atomic E-state index is 10.9. The molecule has 11 heavy (non-hydrogen) atoms. The van der Waals surface area contributed by atoms with Gasteiger partial charge in [-0.15, -0.1) is 0 Å². The maximum Gasteiger partial charge on any atom is 0.366 e. The van der Waals surface area contributed by atoms with Crippen LogP contribution in [0.1, 0.15) is 19.3 Å². The van der Waals surface area contributed by atoms with E-state index in [0.29, 0.717) is 13.0 Å². The SMILES string of the molecule is COC(=O)C1(O)CCCCO1. The van der Waals surface area contributed by atoms with Crippen molar-refractivity contribution < 1.29 is 19.4 Å². The first-order chi connectivity index (χ1) is 5.19. The third kappa shape index (κ3) is 1.70. The van der Waals surface area contributed by atoms with Gasteiger partial charge in [-0.2, -0.15) is 0 Å². The Balaban J connectivity index is 2.56. The zero-order valence-corrected chi connectivity index (χ0v) is 6.50. The summed E-state index contributed by atoms with van der Waals surface area (Å²) in [6, 6.07) is 0. The number of rotatable bonds is 1. The fourth-order valence-electron chi connectivity index (χ4n) is 1.10. The number of hydrogen-bond acceptors (Lipinski definition) is 4. The lowest BCUT2D eigenvalue weighted by Gasteiger charge is -2.28. The third-order valence-corrected chi connectivity index (χ3v) is 1.76. The Hall–Kier alpha value is -0.610. The van der Waals surface area contributed by atoms with Gasteiger partial charge in [0.15, 0.2) is 0 Å². The van der Waals surface area contributed by atoms with E-state index in [1.165, 1.54) is 7.11 Å². The molecule has 0 spiro atoms. The van der Waals surface area contributed by atoms with E-state index in [4.69, 9.17) is 4.74 Å². The van der Waals surface area contributed by atoms with Gasteiger partial charge in [0, 0.05) is 6.42 Å². The van der Waals surface area contributed by atoms with Crippen LogP contribution in [0, 0.1) is 0 Å². The minimum absolute atomic E-state index is 0.333. The van der Waals surface area contributed by atoms with Crippen LogP contribution >= 0.6 is 0 Å². The average Bonchev–Trinajstić information content (AvgIpc) is 2.04. The number of carbonyl (C=O) groups is 1. The van der Waals surface area contributed by atoms with Gasteiger partial charge in [0.05, 0.1) is 13.7 Å². The predicted molar refractivity (Wildman–Crippen MR) is 36.8 cm³/mol. The quantitative estimate of drug-likeness (QED) is 0.550. The average molecular weight is 160 g/mol. The molecule has 0 aromatic rings. The van der Waals surface area contributed by atoms with Gasteiger partial charge in [-0.3, -0.25) is 0 Å². The van der Waals surface area contributed by atoms with Crippen LogP contribution < -0.4 is 0 Å². The van der Waals surface area contributed by atoms with Crippen LogP contribution in [0.25, 0.3) is 0 Å². The molecule has 1 rings (SSSR count). The van der Waals surface area contributed by atoms with Crippen molar-refractivity contribution in [2.45, 2.75) is 25.0 Å². The van der Waals surface area contributed by atoms with Crippen LogP contribution in [-0.4, -0.2) is 30.6 Å². The largest absolute Gasteiger partial charge is 0.465 e. The minimum atomic E-state index is -1.67. The van der Waals surface area contributed by atoms with E-state index in [0.717, 1.165) is 12.8 Å². The molecular formula is C7H12O4. The highest BCUT2D eigenvalue weighted by atomic mass is 16.7. The summed E-state index contributed by atoms with van der Waals surface area (Å²) >= 11 is 0. The number of methoxy groups -OCH3 is 1. The third-order valence-electron chi connectivity index (χ3n) is 1.76. The second kappa shape index (κ2) is 3.19. The van der Waals surface area contributed by atoms with Gasteiger partial charge in [0.25, 0.3) is 5.79 Å². The van der Waals surface area contributed by atoms with Gasteiger partial charge >= 0.3 is 5.97 Å². The molecule has 0 bridgehead atoms. The Morgan fingerprint density at radius 2 is 2.36 bits per heavy atom. The van der Waals surface area contributed by atoms with E-state index < -0.39 is 11.8 Å². The van der Waals surface area contributed by atoms with Crippen LogP contribution in [0.5, 0.6) is 0 Å². The fourth-order valence-corrected chi connectivity index (χ4v) is 1.10. The fraction of sp³-hybridized carbons (Fsp3) is 0.857. The molecule has 4 heteroatoms. The van der Waals surface area contributed by atoms with E-state index >= 15 is 0 Å². The van der Waals surface area contributed by atoms with Crippen molar-refractivity contribution in [3.05, 3.63) is 0 Å². The van der Waals surface area contributed by atoms with Gasteiger partial charge in [0.1, 0.15) is 0 Å². The molecule has 0 radical (unpaired) electrons. The van der Waals surface area contributed by atoms with Crippen molar-refractivity contribution in [3.63, 3.8) is 0 Å². The second-order valence-electron chi connectivity index (χ2n) is 2.58. The summed E-state index contributed by atoms with van der Waals surface area (Å²) in [4.78, 5) is 10.9. The molecule has 1 aliphatic heterocycles. The highest BCUT2D eigenvalue weighted by molar-refractivity contribution is 5.77. The number of esters is 1. The Morgan fingerprint density at radius 3 is 2.82 bits per heavy atom. The molecule has 1 unspecified atom stereocenters. The van der Waals surface area contributed by atoms with Crippen molar-refractivity contribution >= 4 is 5.97 Å². The Morgan fingerprint density at radius 1 is 1.64 bits per heavy atom. The normalized spacial score (nSPS) is 31.5. The van der Waals surface area contributed by atoms with Crippen molar-refractivity contribution in [1.82, 2.24) is 0 Å². The Bertz CT molecular complexity index is 149. The highest BCUT2D eigenvalue weighted by Crippen LogP contribution is 2.22. The molecule has 64 valence electrons. The molecule has 1 heterocycles. The molecule has 0 aromatic carbocycles. The van der Waals surface area contributed by atoms with Crippen LogP contribution in [-0.2, 0) is 14.3 Å². The first-order valence-corrected chi connectivity index (χ1v) is 3.64. The minimum Gasteiger partial charge on any atom is -0.465 e. The van der Waals surface area contributed by atoms with E-state index in [1.807, 2.05) is 0 Å². The molecule has 1 N–H and O–H groups in total. The van der Waals surface area contributed by atoms with E-state index in [9.17, 15) is 9.90 Å². The van der Waals surface area contributed by atoms with Gasteiger partial charge in [-0.25, -0.2) is 4.79 Å². The molecule has 0 aromatic heterocycles. The summed E-state index contributed by atoms with van der Waals surface area (Å²) in [5.41, 5.74) is 0. The van der Waals surface area contributed by atoms with E-state index in [2.05, 4.69) is 4.74 Å². The number of ether oxygens (including phenoxy) is 2. The number of aliphatic hydroxyl groups is 1. The summed E-state index contributed by atoms with van der Waals surface area (Å²) < 4.78 is 9.28. The monoisotopic (exact) mass is 160 g/mol. The van der Waals surface area contributed by atoms with Gasteiger partial charge in [-0.1, -0.05) is 0 Å². The number of hydrogen-bond donors (Lipinski definition) is 1. The van der Waals surface area contributed by atoms with Crippen molar-refractivity contribution in [2.75, 3.05) is 13.7 Å².